The van der Waals surface area contributed by atoms with E-state index in [1.54, 1.807) is 0 Å². The van der Waals surface area contributed by atoms with Gasteiger partial charge < -0.3 is 0 Å². The molecular formula is C63H42. The maximum Gasteiger partial charge on any atom is 0.0159 e. The minimum absolute atomic E-state index is 0.116. The summed E-state index contributed by atoms with van der Waals surface area (Å²) in [6, 6.07) is 81.7. The molecule has 0 heteroatoms. The predicted molar refractivity (Wildman–Crippen MR) is 271 cm³/mol. The summed E-state index contributed by atoms with van der Waals surface area (Å²) in [5.41, 5.74) is 15.3. The van der Waals surface area contributed by atoms with Crippen molar-refractivity contribution in [2.45, 2.75) is 19.3 Å². The van der Waals surface area contributed by atoms with Crippen LogP contribution < -0.4 is 0 Å². The average Bonchev–Trinajstić information content (AvgIpc) is 3.57. The summed E-state index contributed by atoms with van der Waals surface area (Å²) in [5, 5.41) is 15.4. The lowest BCUT2D eigenvalue weighted by molar-refractivity contribution is 0.661. The molecule has 0 atom stereocenters. The molecule has 13 rings (SSSR count). The van der Waals surface area contributed by atoms with Crippen molar-refractivity contribution in [3.63, 3.8) is 0 Å². The van der Waals surface area contributed by atoms with E-state index in [4.69, 9.17) is 0 Å². The van der Waals surface area contributed by atoms with Gasteiger partial charge in [-0.3, -0.25) is 0 Å². The molecule has 0 radical (unpaired) electrons. The van der Waals surface area contributed by atoms with Gasteiger partial charge in [-0.2, -0.15) is 0 Å². The van der Waals surface area contributed by atoms with Crippen LogP contribution in [0.15, 0.2) is 218 Å². The molecule has 0 heterocycles. The smallest absolute Gasteiger partial charge is 0.0159 e. The van der Waals surface area contributed by atoms with Gasteiger partial charge in [-0.05, 0) is 174 Å². The summed E-state index contributed by atoms with van der Waals surface area (Å²) in [5.74, 6) is 0. The van der Waals surface area contributed by atoms with E-state index in [1.807, 2.05) is 0 Å². The average molecular weight is 799 g/mol. The lowest BCUT2D eigenvalue weighted by Gasteiger charge is -2.23. The second-order valence-electron chi connectivity index (χ2n) is 18.0. The Balaban J connectivity index is 0.846. The maximum absolute atomic E-state index is 2.44. The third-order valence-electron chi connectivity index (χ3n) is 14.2. The van der Waals surface area contributed by atoms with E-state index in [0.717, 1.165) is 0 Å². The third-order valence-corrected chi connectivity index (χ3v) is 14.2. The molecule has 0 bridgehead atoms. The van der Waals surface area contributed by atoms with Gasteiger partial charge in [-0.15, -0.1) is 0 Å². The highest BCUT2D eigenvalue weighted by molar-refractivity contribution is 6.33. The Labute approximate surface area is 367 Å². The first kappa shape index (κ1) is 35.9. The highest BCUT2D eigenvalue weighted by Gasteiger charge is 2.36. The van der Waals surface area contributed by atoms with Crippen LogP contribution in [0.25, 0.3) is 120 Å². The fourth-order valence-electron chi connectivity index (χ4n) is 10.9. The number of benzene rings is 12. The van der Waals surface area contributed by atoms with E-state index in [-0.39, 0.29) is 5.41 Å². The molecule has 0 amide bonds. The van der Waals surface area contributed by atoms with Gasteiger partial charge >= 0.3 is 0 Å². The maximum atomic E-state index is 2.44. The zero-order chi connectivity index (χ0) is 41.8. The van der Waals surface area contributed by atoms with Gasteiger partial charge in [0.15, 0.2) is 0 Å². The van der Waals surface area contributed by atoms with Crippen LogP contribution in [0, 0.1) is 0 Å². The zero-order valence-corrected chi connectivity index (χ0v) is 35.3. The molecule has 0 fully saturated rings. The highest BCUT2D eigenvalue weighted by Crippen LogP contribution is 2.51. The van der Waals surface area contributed by atoms with E-state index in [0.29, 0.717) is 0 Å². The first-order valence-electron chi connectivity index (χ1n) is 22.1. The molecule has 0 saturated carbocycles. The van der Waals surface area contributed by atoms with Gasteiger partial charge in [0.25, 0.3) is 0 Å². The molecule has 0 spiro atoms. The van der Waals surface area contributed by atoms with Crippen LogP contribution in [-0.4, -0.2) is 0 Å². The lowest BCUT2D eigenvalue weighted by Crippen LogP contribution is -2.15. The van der Waals surface area contributed by atoms with E-state index in [2.05, 4.69) is 232 Å². The Morgan fingerprint density at radius 2 is 0.635 bits per heavy atom. The second kappa shape index (κ2) is 13.6. The van der Waals surface area contributed by atoms with Crippen LogP contribution in [0.2, 0.25) is 0 Å². The van der Waals surface area contributed by atoms with Crippen molar-refractivity contribution in [3.05, 3.63) is 230 Å². The largest absolute Gasteiger partial charge is 0.0616 e. The molecule has 0 aliphatic heterocycles. The first-order chi connectivity index (χ1) is 31.0. The van der Waals surface area contributed by atoms with Crippen LogP contribution in [0.5, 0.6) is 0 Å². The number of hydrogen-bond donors (Lipinski definition) is 0. The van der Waals surface area contributed by atoms with Crippen molar-refractivity contribution >= 4 is 64.6 Å². The molecule has 0 nitrogen and oxygen atoms in total. The van der Waals surface area contributed by atoms with E-state index in [9.17, 15) is 0 Å². The Morgan fingerprint density at radius 3 is 1.24 bits per heavy atom. The molecule has 63 heavy (non-hydrogen) atoms. The summed E-state index contributed by atoms with van der Waals surface area (Å²) in [4.78, 5) is 0. The molecule has 1 aliphatic carbocycles. The Morgan fingerprint density at radius 1 is 0.238 bits per heavy atom. The molecule has 0 saturated heterocycles. The van der Waals surface area contributed by atoms with Crippen LogP contribution in [0.3, 0.4) is 0 Å². The Kier molecular flexibility index (Phi) is 7.75. The minimum atomic E-state index is -0.116. The molecule has 294 valence electrons. The monoisotopic (exact) mass is 798 g/mol. The summed E-state index contributed by atoms with van der Waals surface area (Å²) in [7, 11) is 0. The summed E-state index contributed by atoms with van der Waals surface area (Å²) < 4.78 is 0. The number of fused-ring (bicyclic) bond motifs is 13. The van der Waals surface area contributed by atoms with Crippen LogP contribution in [-0.2, 0) is 5.41 Å². The van der Waals surface area contributed by atoms with Crippen LogP contribution in [0.1, 0.15) is 25.0 Å². The van der Waals surface area contributed by atoms with Gasteiger partial charge in [-0.25, -0.2) is 0 Å². The summed E-state index contributed by atoms with van der Waals surface area (Å²) in [6.07, 6.45) is 0. The van der Waals surface area contributed by atoms with Crippen molar-refractivity contribution in [3.8, 4) is 55.6 Å². The molecule has 12 aromatic rings. The Bertz CT molecular complexity index is 3880. The van der Waals surface area contributed by atoms with Gasteiger partial charge in [0.1, 0.15) is 0 Å². The fraction of sp³-hybridized carbons (Fsp3) is 0.0476. The Hall–Kier alpha value is -7.80. The molecule has 0 unspecified atom stereocenters. The van der Waals surface area contributed by atoms with Crippen LogP contribution in [0.4, 0.5) is 0 Å². The topological polar surface area (TPSA) is 0 Å². The van der Waals surface area contributed by atoms with Gasteiger partial charge in [0, 0.05) is 5.41 Å². The SMILES string of the molecule is CC1(C)c2cc(-c3ccc4ccccc4c3)ccc2-c2ccc(-c3ccc4cc(-c5cccc(-c6cc7c8ccccc8c8ccccc8c7c7ccccc67)c5)ccc4c3)cc21. The lowest BCUT2D eigenvalue weighted by atomic mass is 9.80. The van der Waals surface area contributed by atoms with Crippen molar-refractivity contribution in [2.75, 3.05) is 0 Å². The quantitative estimate of drug-likeness (QED) is 0.156. The van der Waals surface area contributed by atoms with Crippen molar-refractivity contribution < 1.29 is 0 Å². The summed E-state index contributed by atoms with van der Waals surface area (Å²) >= 11 is 0. The standard InChI is InChI=1S/C63H42/c1-63(2)60-36-47(45-23-22-39-12-3-4-13-40(39)32-45)28-30-54(60)55-31-29-48(37-61(55)63)46-27-26-43-33-42(24-25-44(43)34-46)41-14-11-15-49(35-41)58-38-59-52-18-6-5-16-50(52)51-17-7-9-20-56(51)62(59)57-21-10-8-19-53(57)58/h3-38H,1-2H3. The van der Waals surface area contributed by atoms with E-state index in [1.165, 1.54) is 131 Å². The molecule has 0 aromatic heterocycles. The highest BCUT2D eigenvalue weighted by atomic mass is 14.4. The number of rotatable bonds is 4. The molecule has 12 aromatic carbocycles. The normalized spacial score (nSPS) is 13.0. The molecular weight excluding hydrogens is 757 g/mol. The van der Waals surface area contributed by atoms with Crippen molar-refractivity contribution in [1.29, 1.82) is 0 Å². The van der Waals surface area contributed by atoms with Gasteiger partial charge in [0.2, 0.25) is 0 Å². The predicted octanol–water partition coefficient (Wildman–Crippen LogP) is 17.6. The van der Waals surface area contributed by atoms with Gasteiger partial charge in [0.05, 0.1) is 0 Å². The van der Waals surface area contributed by atoms with Gasteiger partial charge in [-0.1, -0.05) is 190 Å². The second-order valence-corrected chi connectivity index (χ2v) is 18.0. The molecule has 0 N–H and O–H groups in total. The molecule has 1 aliphatic rings. The number of hydrogen-bond acceptors (Lipinski definition) is 0. The van der Waals surface area contributed by atoms with E-state index >= 15 is 0 Å². The van der Waals surface area contributed by atoms with Crippen molar-refractivity contribution in [2.24, 2.45) is 0 Å². The van der Waals surface area contributed by atoms with E-state index < -0.39 is 0 Å². The fourth-order valence-corrected chi connectivity index (χ4v) is 10.9. The summed E-state index contributed by atoms with van der Waals surface area (Å²) in [6.45, 7) is 4.77. The first-order valence-corrected chi connectivity index (χ1v) is 22.1. The minimum Gasteiger partial charge on any atom is -0.0616 e. The van der Waals surface area contributed by atoms with Crippen LogP contribution >= 0.6 is 0 Å². The van der Waals surface area contributed by atoms with Crippen molar-refractivity contribution in [1.82, 2.24) is 0 Å². The zero-order valence-electron chi connectivity index (χ0n) is 35.3. The third kappa shape index (κ3) is 5.54.